The van der Waals surface area contributed by atoms with E-state index in [0.29, 0.717) is 45.9 Å². The Balaban J connectivity index is 1.59. The van der Waals surface area contributed by atoms with Crippen LogP contribution in [0.5, 0.6) is 0 Å². The minimum atomic E-state index is -0.427. The van der Waals surface area contributed by atoms with Gasteiger partial charge in [-0.1, -0.05) is 0 Å². The van der Waals surface area contributed by atoms with Crippen molar-refractivity contribution in [3.8, 4) is 11.4 Å². The van der Waals surface area contributed by atoms with Crippen LogP contribution >= 0.6 is 0 Å². The predicted molar refractivity (Wildman–Crippen MR) is 98.1 cm³/mol. The van der Waals surface area contributed by atoms with Gasteiger partial charge in [-0.15, -0.1) is 0 Å². The van der Waals surface area contributed by atoms with Crippen LogP contribution in [0, 0.1) is 17.6 Å². The largest absolute Gasteiger partial charge is 0.345 e. The molecule has 0 amide bonds. The van der Waals surface area contributed by atoms with Crippen molar-refractivity contribution in [3.05, 3.63) is 42.5 Å². The van der Waals surface area contributed by atoms with Gasteiger partial charge in [0.25, 0.3) is 0 Å². The van der Waals surface area contributed by atoms with E-state index in [4.69, 9.17) is 0 Å². The van der Waals surface area contributed by atoms with E-state index in [2.05, 4.69) is 25.3 Å². The number of piperidine rings is 1. The Kier molecular flexibility index (Phi) is 3.86. The third kappa shape index (κ3) is 2.86. The van der Waals surface area contributed by atoms with Crippen molar-refractivity contribution in [3.63, 3.8) is 0 Å². The number of aromatic amines is 1. The van der Waals surface area contributed by atoms with Crippen LogP contribution in [-0.2, 0) is 6.54 Å². The summed E-state index contributed by atoms with van der Waals surface area (Å²) in [6, 6.07) is 1.40. The van der Waals surface area contributed by atoms with Gasteiger partial charge in [-0.2, -0.15) is 0 Å². The van der Waals surface area contributed by atoms with Gasteiger partial charge >= 0.3 is 0 Å². The predicted octanol–water partition coefficient (Wildman–Crippen LogP) is 3.25. The molecule has 2 N–H and O–H groups in total. The zero-order chi connectivity index (χ0) is 18.4. The molecule has 6 nitrogen and oxygen atoms in total. The molecule has 27 heavy (non-hydrogen) atoms. The quantitative estimate of drug-likeness (QED) is 0.582. The lowest BCUT2D eigenvalue weighted by Crippen LogP contribution is -2.32. The summed E-state index contributed by atoms with van der Waals surface area (Å²) < 4.78 is 29.8. The average Bonchev–Trinajstić information content (AvgIpc) is 3.23. The lowest BCUT2D eigenvalue weighted by atomic mass is 10.00. The van der Waals surface area contributed by atoms with E-state index in [1.807, 2.05) is 4.57 Å². The maximum Gasteiger partial charge on any atom is 0.163 e. The molecule has 0 radical (unpaired) electrons. The molecule has 5 heterocycles. The van der Waals surface area contributed by atoms with E-state index in [-0.39, 0.29) is 5.82 Å². The van der Waals surface area contributed by atoms with E-state index in [0.717, 1.165) is 32.1 Å². The highest BCUT2D eigenvalue weighted by Gasteiger charge is 2.19. The number of H-pyrrole nitrogens is 1. The van der Waals surface area contributed by atoms with Crippen LogP contribution in [0.15, 0.2) is 30.9 Å². The molecule has 138 valence electrons. The van der Waals surface area contributed by atoms with E-state index in [1.165, 1.54) is 18.5 Å². The maximum atomic E-state index is 14.4. The third-order valence-electron chi connectivity index (χ3n) is 5.16. The highest BCUT2D eigenvalue weighted by Crippen LogP contribution is 2.28. The summed E-state index contributed by atoms with van der Waals surface area (Å²) in [5, 5.41) is 4.38. The van der Waals surface area contributed by atoms with E-state index < -0.39 is 5.82 Å². The summed E-state index contributed by atoms with van der Waals surface area (Å²) >= 11 is 0. The Morgan fingerprint density at radius 3 is 2.96 bits per heavy atom. The third-order valence-corrected chi connectivity index (χ3v) is 5.16. The Bertz CT molecular complexity index is 1130. The molecule has 4 aromatic heterocycles. The van der Waals surface area contributed by atoms with Gasteiger partial charge in [-0.05, 0) is 37.9 Å². The number of pyridine rings is 1. The molecule has 4 aromatic rings. The number of aromatic nitrogens is 5. The minimum Gasteiger partial charge on any atom is -0.345 e. The maximum absolute atomic E-state index is 14.4. The van der Waals surface area contributed by atoms with Crippen molar-refractivity contribution in [2.45, 2.75) is 19.4 Å². The second kappa shape index (κ2) is 6.38. The zero-order valence-electron chi connectivity index (χ0n) is 14.5. The van der Waals surface area contributed by atoms with E-state index in [9.17, 15) is 8.78 Å². The smallest absolute Gasteiger partial charge is 0.163 e. The summed E-state index contributed by atoms with van der Waals surface area (Å²) in [4.78, 5) is 15.9. The summed E-state index contributed by atoms with van der Waals surface area (Å²) in [7, 11) is 0. The number of fused-ring (bicyclic) bond motifs is 2. The number of hydrogen-bond acceptors (Lipinski definition) is 4. The molecule has 1 atom stereocenters. The fraction of sp³-hybridized carbons (Fsp3) is 0.316. The van der Waals surface area contributed by atoms with Crippen LogP contribution < -0.4 is 5.32 Å². The number of rotatable bonds is 3. The van der Waals surface area contributed by atoms with E-state index in [1.54, 1.807) is 6.20 Å². The number of nitrogens with zero attached hydrogens (tertiary/aromatic N) is 4. The van der Waals surface area contributed by atoms with Gasteiger partial charge in [-0.25, -0.2) is 23.7 Å². The number of nitrogens with one attached hydrogen (secondary N) is 2. The van der Waals surface area contributed by atoms with Crippen LogP contribution in [0.3, 0.4) is 0 Å². The molecule has 0 aliphatic carbocycles. The Hall–Kier alpha value is -2.87. The summed E-state index contributed by atoms with van der Waals surface area (Å²) in [5.74, 6) is 0.108. The molecule has 0 saturated carbocycles. The summed E-state index contributed by atoms with van der Waals surface area (Å²) in [5.41, 5.74) is 1.76. The normalized spacial score (nSPS) is 17.8. The number of halogens is 2. The van der Waals surface area contributed by atoms with Gasteiger partial charge in [0, 0.05) is 36.1 Å². The van der Waals surface area contributed by atoms with Gasteiger partial charge in [0.15, 0.2) is 11.6 Å². The fourth-order valence-corrected chi connectivity index (χ4v) is 3.82. The van der Waals surface area contributed by atoms with Gasteiger partial charge in [0.2, 0.25) is 0 Å². The molecule has 5 rings (SSSR count). The zero-order valence-corrected chi connectivity index (χ0v) is 14.5. The van der Waals surface area contributed by atoms with Crippen LogP contribution in [0.1, 0.15) is 12.8 Å². The molecule has 0 spiro atoms. The second-order valence-electron chi connectivity index (χ2n) is 7.02. The molecule has 0 bridgehead atoms. The lowest BCUT2D eigenvalue weighted by Gasteiger charge is -2.23. The van der Waals surface area contributed by atoms with Crippen LogP contribution in [0.25, 0.3) is 33.5 Å². The molecule has 8 heteroatoms. The van der Waals surface area contributed by atoms with Crippen LogP contribution in [0.4, 0.5) is 8.78 Å². The van der Waals surface area contributed by atoms with Gasteiger partial charge < -0.3 is 14.9 Å². The summed E-state index contributed by atoms with van der Waals surface area (Å²) in [6.07, 6.45) is 8.08. The van der Waals surface area contributed by atoms with Gasteiger partial charge in [-0.3, -0.25) is 0 Å². The van der Waals surface area contributed by atoms with Crippen molar-refractivity contribution in [1.82, 2.24) is 29.8 Å². The first-order valence-corrected chi connectivity index (χ1v) is 9.04. The Morgan fingerprint density at radius 1 is 1.19 bits per heavy atom. The minimum absolute atomic E-state index is 0.327. The van der Waals surface area contributed by atoms with Crippen molar-refractivity contribution in [1.29, 1.82) is 0 Å². The van der Waals surface area contributed by atoms with Crippen LogP contribution in [0.2, 0.25) is 0 Å². The van der Waals surface area contributed by atoms with Crippen molar-refractivity contribution < 1.29 is 8.78 Å². The SMILES string of the molecule is Fc1cnc2[nH]cc(-c3ncc4c(F)cn(CC5CCCNC5)c4n3)c2c1. The molecule has 1 aliphatic heterocycles. The lowest BCUT2D eigenvalue weighted by molar-refractivity contribution is 0.339. The first kappa shape index (κ1) is 16.3. The standard InChI is InChI=1S/C19H18F2N6/c20-12-4-13-14(7-24-17(13)23-6-12)18-25-8-15-16(21)10-27(19(15)26-18)9-11-2-1-3-22-5-11/h4,6-8,10-11,22H,1-3,5,9H2,(H,23,24). The van der Waals surface area contributed by atoms with E-state index >= 15 is 0 Å². The highest BCUT2D eigenvalue weighted by atomic mass is 19.1. The first-order valence-electron chi connectivity index (χ1n) is 9.04. The van der Waals surface area contributed by atoms with Gasteiger partial charge in [0.1, 0.15) is 17.1 Å². The Labute approximate surface area is 153 Å². The topological polar surface area (TPSA) is 71.4 Å². The summed E-state index contributed by atoms with van der Waals surface area (Å²) in [6.45, 7) is 2.66. The average molecular weight is 368 g/mol. The van der Waals surface area contributed by atoms with Crippen molar-refractivity contribution >= 4 is 22.1 Å². The molecule has 1 fully saturated rings. The van der Waals surface area contributed by atoms with Crippen molar-refractivity contribution in [2.24, 2.45) is 5.92 Å². The first-order chi connectivity index (χ1) is 13.2. The second-order valence-corrected chi connectivity index (χ2v) is 7.02. The van der Waals surface area contributed by atoms with Crippen LogP contribution in [-0.4, -0.2) is 37.6 Å². The molecular formula is C19H18F2N6. The molecule has 0 aromatic carbocycles. The molecule has 1 unspecified atom stereocenters. The monoisotopic (exact) mass is 368 g/mol. The van der Waals surface area contributed by atoms with Crippen molar-refractivity contribution in [2.75, 3.05) is 13.1 Å². The number of hydrogen-bond donors (Lipinski definition) is 2. The molecular weight excluding hydrogens is 350 g/mol. The molecule has 1 saturated heterocycles. The van der Waals surface area contributed by atoms with Gasteiger partial charge in [0.05, 0.1) is 11.6 Å². The fourth-order valence-electron chi connectivity index (χ4n) is 3.82. The molecule has 1 aliphatic rings. The highest BCUT2D eigenvalue weighted by molar-refractivity contribution is 5.92. The Morgan fingerprint density at radius 2 is 2.11 bits per heavy atom.